The van der Waals surface area contributed by atoms with E-state index in [2.05, 4.69) is 28.9 Å². The van der Waals surface area contributed by atoms with E-state index >= 15 is 0 Å². The second-order valence-corrected chi connectivity index (χ2v) is 8.39. The van der Waals surface area contributed by atoms with Gasteiger partial charge in [-0.1, -0.05) is 24.0 Å². The van der Waals surface area contributed by atoms with E-state index in [1.165, 1.54) is 10.4 Å². The van der Waals surface area contributed by atoms with E-state index in [1.54, 1.807) is 31.3 Å². The van der Waals surface area contributed by atoms with Crippen molar-refractivity contribution in [3.8, 4) is 17.6 Å². The minimum Gasteiger partial charge on any atom is -0.508 e. The van der Waals surface area contributed by atoms with Crippen molar-refractivity contribution in [2.75, 3.05) is 13.1 Å². The molecule has 3 rings (SSSR count). The Morgan fingerprint density at radius 3 is 2.64 bits per heavy atom. The zero-order chi connectivity index (χ0) is 17.9. The van der Waals surface area contributed by atoms with Gasteiger partial charge in [0, 0.05) is 11.4 Å². The molecule has 2 N–H and O–H groups in total. The van der Waals surface area contributed by atoms with Crippen molar-refractivity contribution in [1.29, 1.82) is 0 Å². The Bertz CT molecular complexity index is 771. The van der Waals surface area contributed by atoms with Crippen LogP contribution in [0.4, 0.5) is 0 Å². The maximum Gasteiger partial charge on any atom is 0.120 e. The summed E-state index contributed by atoms with van der Waals surface area (Å²) in [6.07, 6.45) is 2.25. The molecular formula is C21H25NO2S. The van der Waals surface area contributed by atoms with Crippen LogP contribution in [0.3, 0.4) is 0 Å². The van der Waals surface area contributed by atoms with Gasteiger partial charge in [-0.25, -0.2) is 0 Å². The molecular weight excluding hydrogens is 330 g/mol. The third kappa shape index (κ3) is 5.34. The molecule has 0 aliphatic carbocycles. The van der Waals surface area contributed by atoms with Crippen LogP contribution in [-0.4, -0.2) is 33.8 Å². The summed E-state index contributed by atoms with van der Waals surface area (Å²) >= 11 is 1.71. The lowest BCUT2D eigenvalue weighted by Gasteiger charge is -2.31. The van der Waals surface area contributed by atoms with Gasteiger partial charge in [0.2, 0.25) is 0 Å². The minimum atomic E-state index is -0.947. The molecule has 1 aromatic carbocycles. The third-order valence-electron chi connectivity index (χ3n) is 4.46. The van der Waals surface area contributed by atoms with Crippen LogP contribution in [0.5, 0.6) is 5.75 Å². The summed E-state index contributed by atoms with van der Waals surface area (Å²) in [6.45, 7) is 6.50. The Hall–Kier alpha value is -1.80. The smallest absolute Gasteiger partial charge is 0.120 e. The number of phenols is 1. The summed E-state index contributed by atoms with van der Waals surface area (Å²) in [7, 11) is 0. The van der Waals surface area contributed by atoms with Crippen LogP contribution in [0.15, 0.2) is 36.4 Å². The molecule has 1 aliphatic rings. The van der Waals surface area contributed by atoms with Crippen LogP contribution in [0, 0.1) is 11.8 Å². The van der Waals surface area contributed by atoms with E-state index in [4.69, 9.17) is 0 Å². The van der Waals surface area contributed by atoms with Gasteiger partial charge in [0.25, 0.3) is 0 Å². The number of aliphatic hydroxyl groups is 1. The highest BCUT2D eigenvalue weighted by Gasteiger charge is 2.21. The summed E-state index contributed by atoms with van der Waals surface area (Å²) in [5.41, 5.74) is 0.303. The molecule has 25 heavy (non-hydrogen) atoms. The number of hydrogen-bond acceptors (Lipinski definition) is 4. The first-order chi connectivity index (χ1) is 11.9. The quantitative estimate of drug-likeness (QED) is 0.819. The van der Waals surface area contributed by atoms with Crippen molar-refractivity contribution in [1.82, 2.24) is 4.90 Å². The van der Waals surface area contributed by atoms with Crippen molar-refractivity contribution in [3.05, 3.63) is 51.7 Å². The van der Waals surface area contributed by atoms with Crippen molar-refractivity contribution in [3.63, 3.8) is 0 Å². The lowest BCUT2D eigenvalue weighted by molar-refractivity contribution is 0.143. The van der Waals surface area contributed by atoms with E-state index < -0.39 is 5.60 Å². The van der Waals surface area contributed by atoms with E-state index in [9.17, 15) is 10.2 Å². The average molecular weight is 356 g/mol. The Kier molecular flexibility index (Phi) is 5.48. The molecule has 1 saturated heterocycles. The van der Waals surface area contributed by atoms with Gasteiger partial charge in [-0.05, 0) is 75.5 Å². The Morgan fingerprint density at radius 2 is 1.96 bits per heavy atom. The zero-order valence-electron chi connectivity index (χ0n) is 14.8. The average Bonchev–Trinajstić information content (AvgIpc) is 3.01. The fourth-order valence-corrected chi connectivity index (χ4v) is 4.07. The van der Waals surface area contributed by atoms with Crippen molar-refractivity contribution in [2.45, 2.75) is 44.8 Å². The Balaban J connectivity index is 1.54. The van der Waals surface area contributed by atoms with Crippen molar-refractivity contribution in [2.24, 2.45) is 0 Å². The third-order valence-corrected chi connectivity index (χ3v) is 5.45. The number of benzene rings is 1. The molecule has 0 atom stereocenters. The molecule has 0 spiro atoms. The predicted molar refractivity (Wildman–Crippen MR) is 103 cm³/mol. The van der Waals surface area contributed by atoms with Crippen LogP contribution >= 0.6 is 11.3 Å². The zero-order valence-corrected chi connectivity index (χ0v) is 15.6. The van der Waals surface area contributed by atoms with Crippen molar-refractivity contribution >= 4 is 11.3 Å². The number of thiophene rings is 1. The van der Waals surface area contributed by atoms with Crippen LogP contribution in [0.1, 0.15) is 47.9 Å². The maximum atomic E-state index is 9.69. The predicted octanol–water partition coefficient (Wildman–Crippen LogP) is 3.96. The fourth-order valence-electron chi connectivity index (χ4n) is 3.17. The number of hydrogen-bond donors (Lipinski definition) is 2. The lowest BCUT2D eigenvalue weighted by Crippen LogP contribution is -2.32. The first kappa shape index (κ1) is 18.0. The highest BCUT2D eigenvalue weighted by molar-refractivity contribution is 7.12. The van der Waals surface area contributed by atoms with Gasteiger partial charge in [0.05, 0.1) is 4.88 Å². The summed E-state index contributed by atoms with van der Waals surface area (Å²) in [5.74, 6) is 6.82. The highest BCUT2D eigenvalue weighted by atomic mass is 32.1. The first-order valence-electron chi connectivity index (χ1n) is 8.74. The molecule has 0 unspecified atom stereocenters. The second-order valence-electron chi connectivity index (χ2n) is 7.22. The summed E-state index contributed by atoms with van der Waals surface area (Å²) < 4.78 is 0. The van der Waals surface area contributed by atoms with Gasteiger partial charge in [0.1, 0.15) is 11.4 Å². The molecule has 1 fully saturated rings. The molecule has 4 heteroatoms. The molecule has 0 saturated carbocycles. The summed E-state index contributed by atoms with van der Waals surface area (Å²) in [5, 5.41) is 19.3. The molecule has 2 heterocycles. The number of piperidine rings is 1. The molecule has 1 aliphatic heterocycles. The standard InChI is InChI=1S/C21H25NO2S/c1-21(2,24)11-8-19-6-7-20(25-19)15-22-12-9-16(10-13-22)17-4-3-5-18(23)14-17/h3-7,14,16,23-24H,9-10,12-13,15H2,1-2H3. The molecule has 0 radical (unpaired) electrons. The Labute approximate surface area is 153 Å². The SMILES string of the molecule is CC(C)(O)C#Cc1ccc(CN2CCC(c3cccc(O)c3)CC2)s1. The van der Waals surface area contributed by atoms with Crippen LogP contribution < -0.4 is 0 Å². The highest BCUT2D eigenvalue weighted by Crippen LogP contribution is 2.30. The number of phenolic OH excluding ortho intramolecular Hbond substituents is 1. The normalized spacial score (nSPS) is 16.4. The molecule has 0 amide bonds. The number of rotatable bonds is 3. The molecule has 1 aromatic heterocycles. The van der Waals surface area contributed by atoms with Gasteiger partial charge < -0.3 is 10.2 Å². The monoisotopic (exact) mass is 355 g/mol. The van der Waals surface area contributed by atoms with E-state index in [-0.39, 0.29) is 0 Å². The number of nitrogens with zero attached hydrogens (tertiary/aromatic N) is 1. The van der Waals surface area contributed by atoms with Gasteiger partial charge in [-0.15, -0.1) is 11.3 Å². The first-order valence-corrected chi connectivity index (χ1v) is 9.56. The van der Waals surface area contributed by atoms with Gasteiger partial charge in [-0.3, -0.25) is 4.90 Å². The topological polar surface area (TPSA) is 43.7 Å². The van der Waals surface area contributed by atoms with Gasteiger partial charge in [-0.2, -0.15) is 0 Å². The summed E-state index contributed by atoms with van der Waals surface area (Å²) in [4.78, 5) is 4.81. The second kappa shape index (κ2) is 7.61. The van der Waals surface area contributed by atoms with E-state index in [1.807, 2.05) is 18.2 Å². The van der Waals surface area contributed by atoms with Gasteiger partial charge >= 0.3 is 0 Å². The summed E-state index contributed by atoms with van der Waals surface area (Å²) in [6, 6.07) is 11.9. The number of aromatic hydroxyl groups is 1. The molecule has 3 nitrogen and oxygen atoms in total. The van der Waals surface area contributed by atoms with Crippen LogP contribution in [0.2, 0.25) is 0 Å². The van der Waals surface area contributed by atoms with Crippen molar-refractivity contribution < 1.29 is 10.2 Å². The largest absolute Gasteiger partial charge is 0.508 e. The van der Waals surface area contributed by atoms with Crippen LogP contribution in [0.25, 0.3) is 0 Å². The fraction of sp³-hybridized carbons (Fsp3) is 0.429. The van der Waals surface area contributed by atoms with E-state index in [0.717, 1.165) is 37.4 Å². The van der Waals surface area contributed by atoms with E-state index in [0.29, 0.717) is 11.7 Å². The molecule has 2 aromatic rings. The minimum absolute atomic E-state index is 0.359. The maximum absolute atomic E-state index is 9.69. The van der Waals surface area contributed by atoms with Crippen LogP contribution in [-0.2, 0) is 6.54 Å². The number of likely N-dealkylation sites (tertiary alicyclic amines) is 1. The Morgan fingerprint density at radius 1 is 1.20 bits per heavy atom. The van der Waals surface area contributed by atoms with Gasteiger partial charge in [0.15, 0.2) is 0 Å². The molecule has 132 valence electrons. The lowest BCUT2D eigenvalue weighted by atomic mass is 9.89. The molecule has 0 bridgehead atoms.